The van der Waals surface area contributed by atoms with Gasteiger partial charge in [0.25, 0.3) is 0 Å². The van der Waals surface area contributed by atoms with Gasteiger partial charge in [-0.2, -0.15) is 0 Å². The van der Waals surface area contributed by atoms with Crippen molar-refractivity contribution in [2.45, 2.75) is 40.2 Å². The van der Waals surface area contributed by atoms with Gasteiger partial charge in [-0.1, -0.05) is 19.1 Å². The van der Waals surface area contributed by atoms with Crippen molar-refractivity contribution in [3.8, 4) is 0 Å². The molecule has 138 valence electrons. The third kappa shape index (κ3) is 4.87. The standard InChI is InChI=1S/C19H30N4O2/c1-5-9-20-18(24)16(4)21-19(25)23-12-10-22(11-13-23)17-8-6-7-14(2)15(17)3/h6-8,16H,5,9-13H2,1-4H3,(H,20,24)(H,21,25)/t16-/m1/s1. The minimum absolute atomic E-state index is 0.135. The smallest absolute Gasteiger partial charge is 0.318 e. The second-order valence-electron chi connectivity index (χ2n) is 6.66. The van der Waals surface area contributed by atoms with Crippen molar-refractivity contribution in [2.24, 2.45) is 0 Å². The number of rotatable bonds is 5. The van der Waals surface area contributed by atoms with Crippen LogP contribution in [0.5, 0.6) is 0 Å². The minimum atomic E-state index is -0.518. The van der Waals surface area contributed by atoms with Crippen LogP contribution in [0.25, 0.3) is 0 Å². The van der Waals surface area contributed by atoms with Crippen LogP contribution in [0.1, 0.15) is 31.4 Å². The van der Waals surface area contributed by atoms with Gasteiger partial charge in [0.2, 0.25) is 5.91 Å². The molecule has 2 N–H and O–H groups in total. The van der Waals surface area contributed by atoms with E-state index < -0.39 is 6.04 Å². The van der Waals surface area contributed by atoms with E-state index >= 15 is 0 Å². The maximum Gasteiger partial charge on any atom is 0.318 e. The van der Waals surface area contributed by atoms with Gasteiger partial charge in [0.1, 0.15) is 6.04 Å². The number of aryl methyl sites for hydroxylation is 1. The van der Waals surface area contributed by atoms with Gasteiger partial charge in [-0.15, -0.1) is 0 Å². The third-order valence-corrected chi connectivity index (χ3v) is 4.77. The molecule has 0 aliphatic carbocycles. The minimum Gasteiger partial charge on any atom is -0.368 e. The average molecular weight is 346 g/mol. The Kier molecular flexibility index (Phi) is 6.67. The zero-order valence-electron chi connectivity index (χ0n) is 15.8. The molecule has 1 heterocycles. The summed E-state index contributed by atoms with van der Waals surface area (Å²) in [6.07, 6.45) is 0.882. The van der Waals surface area contributed by atoms with Gasteiger partial charge >= 0.3 is 6.03 Å². The monoisotopic (exact) mass is 346 g/mol. The molecular weight excluding hydrogens is 316 g/mol. The lowest BCUT2D eigenvalue weighted by Crippen LogP contribution is -2.55. The first-order chi connectivity index (χ1) is 11.9. The quantitative estimate of drug-likeness (QED) is 0.858. The molecule has 3 amide bonds. The van der Waals surface area contributed by atoms with Crippen LogP contribution in [0.15, 0.2) is 18.2 Å². The molecule has 6 heteroatoms. The molecule has 25 heavy (non-hydrogen) atoms. The SMILES string of the molecule is CCCNC(=O)[C@@H](C)NC(=O)N1CCN(c2cccc(C)c2C)CC1. The molecule has 0 spiro atoms. The fraction of sp³-hybridized carbons (Fsp3) is 0.579. The van der Waals surface area contributed by atoms with Crippen LogP contribution in [-0.2, 0) is 4.79 Å². The summed E-state index contributed by atoms with van der Waals surface area (Å²) in [5, 5.41) is 5.59. The second kappa shape index (κ2) is 8.74. The van der Waals surface area contributed by atoms with Crippen molar-refractivity contribution >= 4 is 17.6 Å². The molecule has 1 aromatic rings. The van der Waals surface area contributed by atoms with Crippen LogP contribution in [0.3, 0.4) is 0 Å². The van der Waals surface area contributed by atoms with Gasteiger partial charge in [0, 0.05) is 38.4 Å². The molecule has 0 radical (unpaired) electrons. The van der Waals surface area contributed by atoms with E-state index in [1.54, 1.807) is 11.8 Å². The number of nitrogens with zero attached hydrogens (tertiary/aromatic N) is 2. The number of nitrogens with one attached hydrogen (secondary N) is 2. The van der Waals surface area contributed by atoms with Gasteiger partial charge in [-0.3, -0.25) is 4.79 Å². The van der Waals surface area contributed by atoms with E-state index in [0.29, 0.717) is 19.6 Å². The summed E-state index contributed by atoms with van der Waals surface area (Å²) in [5.41, 5.74) is 3.82. The summed E-state index contributed by atoms with van der Waals surface area (Å²) >= 11 is 0. The lowest BCUT2D eigenvalue weighted by molar-refractivity contribution is -0.122. The van der Waals surface area contributed by atoms with Crippen LogP contribution in [0, 0.1) is 13.8 Å². The second-order valence-corrected chi connectivity index (χ2v) is 6.66. The largest absolute Gasteiger partial charge is 0.368 e. The van der Waals surface area contributed by atoms with E-state index in [1.807, 2.05) is 6.92 Å². The first-order valence-electron chi connectivity index (χ1n) is 9.08. The van der Waals surface area contributed by atoms with Crippen LogP contribution in [-0.4, -0.2) is 55.6 Å². The Morgan fingerprint density at radius 3 is 2.48 bits per heavy atom. The summed E-state index contributed by atoms with van der Waals surface area (Å²) in [7, 11) is 0. The summed E-state index contributed by atoms with van der Waals surface area (Å²) in [6, 6.07) is 5.65. The Hall–Kier alpha value is -2.24. The van der Waals surface area contributed by atoms with Gasteiger partial charge < -0.3 is 20.4 Å². The molecule has 1 saturated heterocycles. The first-order valence-corrected chi connectivity index (χ1v) is 9.08. The summed E-state index contributed by atoms with van der Waals surface area (Å²) in [4.78, 5) is 28.3. The molecule has 1 aliphatic heterocycles. The maximum atomic E-state index is 12.4. The first kappa shape index (κ1) is 19.1. The van der Waals surface area contributed by atoms with Crippen LogP contribution < -0.4 is 15.5 Å². The molecule has 6 nitrogen and oxygen atoms in total. The molecule has 2 rings (SSSR count). The zero-order valence-corrected chi connectivity index (χ0v) is 15.8. The molecule has 1 atom stereocenters. The highest BCUT2D eigenvalue weighted by molar-refractivity contribution is 5.86. The predicted octanol–water partition coefficient (Wildman–Crippen LogP) is 2.05. The van der Waals surface area contributed by atoms with Crippen molar-refractivity contribution in [1.82, 2.24) is 15.5 Å². The number of anilines is 1. The van der Waals surface area contributed by atoms with Crippen molar-refractivity contribution in [2.75, 3.05) is 37.6 Å². The summed E-state index contributed by atoms with van der Waals surface area (Å²) in [5.74, 6) is -0.135. The van der Waals surface area contributed by atoms with Gasteiger partial charge in [0.05, 0.1) is 0 Å². The number of piperazine rings is 1. The Balaban J connectivity index is 1.86. The molecule has 0 unspecified atom stereocenters. The third-order valence-electron chi connectivity index (χ3n) is 4.77. The number of hydrogen-bond acceptors (Lipinski definition) is 3. The fourth-order valence-electron chi connectivity index (χ4n) is 2.97. The average Bonchev–Trinajstić information content (AvgIpc) is 2.62. The number of carbonyl (C=O) groups excluding carboxylic acids is 2. The maximum absolute atomic E-state index is 12.4. The van der Waals surface area contributed by atoms with E-state index in [-0.39, 0.29) is 11.9 Å². The predicted molar refractivity (Wildman–Crippen MR) is 101 cm³/mol. The highest BCUT2D eigenvalue weighted by Crippen LogP contribution is 2.23. The van der Waals surface area contributed by atoms with E-state index in [9.17, 15) is 9.59 Å². The van der Waals surface area contributed by atoms with Crippen molar-refractivity contribution in [3.05, 3.63) is 29.3 Å². The number of benzene rings is 1. The van der Waals surface area contributed by atoms with E-state index in [0.717, 1.165) is 19.5 Å². The van der Waals surface area contributed by atoms with Crippen LogP contribution in [0.4, 0.5) is 10.5 Å². The van der Waals surface area contributed by atoms with Crippen molar-refractivity contribution in [1.29, 1.82) is 0 Å². The lowest BCUT2D eigenvalue weighted by Gasteiger charge is -2.37. The normalized spacial score (nSPS) is 15.7. The topological polar surface area (TPSA) is 64.7 Å². The molecule has 1 aromatic carbocycles. The molecular formula is C19H30N4O2. The number of urea groups is 1. The Labute approximate surface area is 150 Å². The zero-order chi connectivity index (χ0) is 18.4. The van der Waals surface area contributed by atoms with Crippen molar-refractivity contribution in [3.63, 3.8) is 0 Å². The van der Waals surface area contributed by atoms with Crippen molar-refractivity contribution < 1.29 is 9.59 Å². The highest BCUT2D eigenvalue weighted by Gasteiger charge is 2.24. The summed E-state index contributed by atoms with van der Waals surface area (Å²) < 4.78 is 0. The molecule has 0 aromatic heterocycles. The van der Waals surface area contributed by atoms with Gasteiger partial charge in [0.15, 0.2) is 0 Å². The molecule has 1 aliphatic rings. The summed E-state index contributed by atoms with van der Waals surface area (Å²) in [6.45, 7) is 11.5. The highest BCUT2D eigenvalue weighted by atomic mass is 16.2. The fourth-order valence-corrected chi connectivity index (χ4v) is 2.97. The van der Waals surface area contributed by atoms with Gasteiger partial charge in [-0.05, 0) is 44.4 Å². The molecule has 0 bridgehead atoms. The Bertz CT molecular complexity index is 609. The number of amides is 3. The molecule has 0 saturated carbocycles. The molecule has 1 fully saturated rings. The lowest BCUT2D eigenvalue weighted by atomic mass is 10.1. The van der Waals surface area contributed by atoms with Gasteiger partial charge in [-0.25, -0.2) is 4.79 Å². The Morgan fingerprint density at radius 1 is 1.16 bits per heavy atom. The van der Waals surface area contributed by atoms with Crippen LogP contribution in [0.2, 0.25) is 0 Å². The number of hydrogen-bond donors (Lipinski definition) is 2. The van der Waals surface area contributed by atoms with E-state index in [1.165, 1.54) is 16.8 Å². The van der Waals surface area contributed by atoms with Crippen LogP contribution >= 0.6 is 0 Å². The Morgan fingerprint density at radius 2 is 1.84 bits per heavy atom. The number of carbonyl (C=O) groups is 2. The van der Waals surface area contributed by atoms with E-state index in [4.69, 9.17) is 0 Å². The van der Waals surface area contributed by atoms with E-state index in [2.05, 4.69) is 47.6 Å².